The molecule has 0 spiro atoms. The molecule has 2 N–H and O–H groups in total. The highest BCUT2D eigenvalue weighted by Gasteiger charge is 2.26. The van der Waals surface area contributed by atoms with E-state index in [0.29, 0.717) is 43.9 Å². The summed E-state index contributed by atoms with van der Waals surface area (Å²) >= 11 is 0. The number of methoxy groups -OCH3 is 1. The predicted octanol–water partition coefficient (Wildman–Crippen LogP) is 3.50. The van der Waals surface area contributed by atoms with Crippen LogP contribution in [0.15, 0.2) is 54.6 Å². The number of hydrogen-bond donors (Lipinski definition) is 1. The molecule has 32 heavy (non-hydrogen) atoms. The molecular weight excluding hydrogens is 404 g/mol. The Hall–Kier alpha value is -3.64. The van der Waals surface area contributed by atoms with Crippen LogP contribution < -0.4 is 10.5 Å². The van der Waals surface area contributed by atoms with Crippen LogP contribution in [0.5, 0.6) is 5.75 Å². The Morgan fingerprint density at radius 2 is 1.69 bits per heavy atom. The third kappa shape index (κ3) is 3.52. The van der Waals surface area contributed by atoms with E-state index in [1.54, 1.807) is 7.11 Å². The lowest BCUT2D eigenvalue weighted by atomic mass is 9.94. The number of primary amides is 1. The van der Waals surface area contributed by atoms with Crippen molar-refractivity contribution in [1.29, 1.82) is 0 Å². The fourth-order valence-corrected chi connectivity index (χ4v) is 4.55. The first-order valence-electron chi connectivity index (χ1n) is 10.7. The van der Waals surface area contributed by atoms with Gasteiger partial charge in [0.15, 0.2) is 0 Å². The number of ether oxygens (including phenoxy) is 2. The van der Waals surface area contributed by atoms with Crippen molar-refractivity contribution < 1.29 is 19.1 Å². The van der Waals surface area contributed by atoms with Crippen LogP contribution >= 0.6 is 0 Å². The van der Waals surface area contributed by atoms with Gasteiger partial charge in [-0.25, -0.2) is 0 Å². The van der Waals surface area contributed by atoms with E-state index in [0.717, 1.165) is 39.1 Å². The Morgan fingerprint density at radius 1 is 0.938 bits per heavy atom. The molecule has 1 aliphatic carbocycles. The van der Waals surface area contributed by atoms with E-state index < -0.39 is 5.91 Å². The van der Waals surface area contributed by atoms with Crippen LogP contribution in [0.25, 0.3) is 22.3 Å². The van der Waals surface area contributed by atoms with Gasteiger partial charge in [0, 0.05) is 24.2 Å². The molecule has 0 radical (unpaired) electrons. The number of amides is 2. The third-order valence-electron chi connectivity index (χ3n) is 6.25. The molecule has 0 aromatic heterocycles. The number of benzene rings is 3. The average molecular weight is 428 g/mol. The second kappa shape index (κ2) is 8.13. The Kier molecular flexibility index (Phi) is 5.15. The molecule has 6 nitrogen and oxygen atoms in total. The zero-order chi connectivity index (χ0) is 22.2. The van der Waals surface area contributed by atoms with E-state index >= 15 is 0 Å². The summed E-state index contributed by atoms with van der Waals surface area (Å²) in [6.07, 6.45) is 0.579. The van der Waals surface area contributed by atoms with Gasteiger partial charge in [-0.05, 0) is 76.2 Å². The van der Waals surface area contributed by atoms with Crippen molar-refractivity contribution in [2.45, 2.75) is 6.42 Å². The maximum atomic E-state index is 12.9. The SMILES string of the molecule is COc1ccc(-c2cc(C(N)=O)c3c(c2)-c2ccc(C(=O)N4CCOCC4)cc2C3)cc1. The molecular formula is C26H24N2O4. The zero-order valence-corrected chi connectivity index (χ0v) is 17.9. The van der Waals surface area contributed by atoms with E-state index in [2.05, 4.69) is 6.07 Å². The van der Waals surface area contributed by atoms with Crippen molar-refractivity contribution in [2.75, 3.05) is 33.4 Å². The maximum absolute atomic E-state index is 12.9. The highest BCUT2D eigenvalue weighted by Crippen LogP contribution is 2.41. The monoisotopic (exact) mass is 428 g/mol. The smallest absolute Gasteiger partial charge is 0.254 e. The van der Waals surface area contributed by atoms with Crippen molar-refractivity contribution in [3.05, 3.63) is 76.9 Å². The summed E-state index contributed by atoms with van der Waals surface area (Å²) in [5.41, 5.74) is 12.8. The molecule has 1 aliphatic heterocycles. The third-order valence-corrected chi connectivity index (χ3v) is 6.25. The number of rotatable bonds is 4. The molecule has 0 saturated carbocycles. The van der Waals surface area contributed by atoms with E-state index in [-0.39, 0.29) is 5.91 Å². The molecule has 3 aromatic carbocycles. The van der Waals surface area contributed by atoms with Gasteiger partial charge in [0.25, 0.3) is 5.91 Å². The number of carbonyl (C=O) groups excluding carboxylic acids is 2. The second-order valence-electron chi connectivity index (χ2n) is 8.10. The minimum atomic E-state index is -0.450. The fraction of sp³-hybridized carbons (Fsp3) is 0.231. The van der Waals surface area contributed by atoms with E-state index in [1.807, 2.05) is 53.4 Å². The van der Waals surface area contributed by atoms with Gasteiger partial charge < -0.3 is 20.1 Å². The molecule has 0 bridgehead atoms. The molecule has 1 heterocycles. The lowest BCUT2D eigenvalue weighted by Crippen LogP contribution is -2.40. The van der Waals surface area contributed by atoms with Crippen LogP contribution in [0.4, 0.5) is 0 Å². The first-order chi connectivity index (χ1) is 15.5. The molecule has 0 atom stereocenters. The minimum Gasteiger partial charge on any atom is -0.497 e. The number of nitrogens with two attached hydrogens (primary N) is 1. The Balaban J connectivity index is 1.54. The van der Waals surface area contributed by atoms with Crippen molar-refractivity contribution in [1.82, 2.24) is 4.90 Å². The molecule has 2 amide bonds. The van der Waals surface area contributed by atoms with Gasteiger partial charge in [0.1, 0.15) is 5.75 Å². The Labute approximate surface area is 186 Å². The van der Waals surface area contributed by atoms with Crippen molar-refractivity contribution in [3.8, 4) is 28.0 Å². The van der Waals surface area contributed by atoms with Gasteiger partial charge in [0.05, 0.1) is 20.3 Å². The Morgan fingerprint density at radius 3 is 2.38 bits per heavy atom. The summed E-state index contributed by atoms with van der Waals surface area (Å²) in [7, 11) is 1.63. The van der Waals surface area contributed by atoms with Crippen LogP contribution in [0, 0.1) is 0 Å². The molecule has 6 heteroatoms. The molecule has 2 aliphatic rings. The zero-order valence-electron chi connectivity index (χ0n) is 17.9. The van der Waals surface area contributed by atoms with Gasteiger partial charge in [-0.3, -0.25) is 9.59 Å². The van der Waals surface area contributed by atoms with Crippen LogP contribution in [0.1, 0.15) is 31.8 Å². The van der Waals surface area contributed by atoms with E-state index in [9.17, 15) is 9.59 Å². The van der Waals surface area contributed by atoms with E-state index in [1.165, 1.54) is 0 Å². The molecule has 0 unspecified atom stereocenters. The van der Waals surface area contributed by atoms with Crippen molar-refractivity contribution in [3.63, 3.8) is 0 Å². The molecule has 1 fully saturated rings. The standard InChI is InChI=1S/C26H24N2O4/c1-31-20-5-2-16(3-6-20)18-13-22-21-7-4-17(26(30)28-8-10-32-11-9-28)12-19(21)15-23(22)24(14-18)25(27)29/h2-7,12-14H,8-11,15H2,1H3,(H2,27,29). The van der Waals surface area contributed by atoms with Crippen LogP contribution in [-0.2, 0) is 11.2 Å². The summed E-state index contributed by atoms with van der Waals surface area (Å²) in [5, 5.41) is 0. The van der Waals surface area contributed by atoms with Gasteiger partial charge >= 0.3 is 0 Å². The number of morpholine rings is 1. The number of nitrogens with zero attached hydrogens (tertiary/aromatic N) is 1. The maximum Gasteiger partial charge on any atom is 0.254 e. The predicted molar refractivity (Wildman–Crippen MR) is 122 cm³/mol. The summed E-state index contributed by atoms with van der Waals surface area (Å²) in [6.45, 7) is 2.34. The van der Waals surface area contributed by atoms with Crippen molar-refractivity contribution >= 4 is 11.8 Å². The van der Waals surface area contributed by atoms with Gasteiger partial charge in [-0.2, -0.15) is 0 Å². The minimum absolute atomic E-state index is 0.0149. The van der Waals surface area contributed by atoms with Crippen molar-refractivity contribution in [2.24, 2.45) is 5.73 Å². The number of fused-ring (bicyclic) bond motifs is 3. The number of carbonyl (C=O) groups is 2. The molecule has 3 aromatic rings. The quantitative estimate of drug-likeness (QED) is 0.539. The molecule has 1 saturated heterocycles. The van der Waals surface area contributed by atoms with E-state index in [4.69, 9.17) is 15.2 Å². The first kappa shape index (κ1) is 20.3. The largest absolute Gasteiger partial charge is 0.497 e. The summed E-state index contributed by atoms with van der Waals surface area (Å²) in [6, 6.07) is 17.5. The number of hydrogen-bond acceptors (Lipinski definition) is 4. The van der Waals surface area contributed by atoms with Gasteiger partial charge in [-0.15, -0.1) is 0 Å². The second-order valence-corrected chi connectivity index (χ2v) is 8.10. The molecule has 5 rings (SSSR count). The first-order valence-corrected chi connectivity index (χ1v) is 10.7. The topological polar surface area (TPSA) is 81.9 Å². The average Bonchev–Trinajstić information content (AvgIpc) is 3.21. The van der Waals surface area contributed by atoms with Crippen LogP contribution in [-0.4, -0.2) is 50.1 Å². The Bertz CT molecular complexity index is 1210. The lowest BCUT2D eigenvalue weighted by Gasteiger charge is -2.27. The summed E-state index contributed by atoms with van der Waals surface area (Å²) < 4.78 is 10.6. The fourth-order valence-electron chi connectivity index (χ4n) is 4.55. The van der Waals surface area contributed by atoms with Crippen LogP contribution in [0.3, 0.4) is 0 Å². The van der Waals surface area contributed by atoms with Gasteiger partial charge in [0.2, 0.25) is 5.91 Å². The normalized spacial score (nSPS) is 14.6. The summed E-state index contributed by atoms with van der Waals surface area (Å²) in [5.74, 6) is 0.336. The lowest BCUT2D eigenvalue weighted by molar-refractivity contribution is 0.0303. The van der Waals surface area contributed by atoms with Crippen LogP contribution in [0.2, 0.25) is 0 Å². The molecule has 162 valence electrons. The highest BCUT2D eigenvalue weighted by atomic mass is 16.5. The van der Waals surface area contributed by atoms with Gasteiger partial charge in [-0.1, -0.05) is 18.2 Å². The highest BCUT2D eigenvalue weighted by molar-refractivity contribution is 6.01. The summed E-state index contributed by atoms with van der Waals surface area (Å²) in [4.78, 5) is 27.1.